The Labute approximate surface area is 135 Å². The number of nitrogens with zero attached hydrogens (tertiary/aromatic N) is 1. The molecule has 0 spiro atoms. The highest BCUT2D eigenvalue weighted by Gasteiger charge is 2.39. The topological polar surface area (TPSA) is 61.4 Å². The molecule has 2 N–H and O–H groups in total. The summed E-state index contributed by atoms with van der Waals surface area (Å²) in [4.78, 5) is 23.6. The summed E-state index contributed by atoms with van der Waals surface area (Å²) in [5.74, 6) is 0. The van der Waals surface area contributed by atoms with Gasteiger partial charge in [-0.1, -0.05) is 12.8 Å². The Balaban J connectivity index is 2.37. The van der Waals surface area contributed by atoms with E-state index in [2.05, 4.69) is 38.3 Å². The molecule has 1 aliphatic rings. The van der Waals surface area contributed by atoms with Gasteiger partial charge in [-0.25, -0.2) is 0 Å². The molecule has 128 valence electrons. The highest BCUT2D eigenvalue weighted by atomic mass is 16.1. The van der Waals surface area contributed by atoms with Crippen LogP contribution in [-0.4, -0.2) is 47.9 Å². The van der Waals surface area contributed by atoms with Gasteiger partial charge in [0.25, 0.3) is 0 Å². The van der Waals surface area contributed by atoms with Crippen molar-refractivity contribution in [1.82, 2.24) is 15.5 Å². The van der Waals surface area contributed by atoms with Gasteiger partial charge >= 0.3 is 0 Å². The second-order valence-corrected chi connectivity index (χ2v) is 7.78. The molecule has 0 aromatic carbocycles. The van der Waals surface area contributed by atoms with Crippen molar-refractivity contribution in [1.29, 1.82) is 0 Å². The number of hydrogen-bond donors (Lipinski definition) is 2. The van der Waals surface area contributed by atoms with E-state index >= 15 is 0 Å². The van der Waals surface area contributed by atoms with Gasteiger partial charge in [-0.2, -0.15) is 0 Å². The van der Waals surface area contributed by atoms with Crippen molar-refractivity contribution in [3.63, 3.8) is 0 Å². The summed E-state index contributed by atoms with van der Waals surface area (Å²) in [5, 5.41) is 6.33. The maximum atomic E-state index is 11.5. The van der Waals surface area contributed by atoms with Gasteiger partial charge in [-0.3, -0.25) is 9.59 Å². The molecule has 1 aliphatic heterocycles. The summed E-state index contributed by atoms with van der Waals surface area (Å²) in [7, 11) is 0. The monoisotopic (exact) mass is 311 g/mol. The minimum atomic E-state index is 0.0637. The predicted octanol–water partition coefficient (Wildman–Crippen LogP) is 2.06. The first-order chi connectivity index (χ1) is 10.3. The molecule has 1 fully saturated rings. The van der Waals surface area contributed by atoms with E-state index in [4.69, 9.17) is 0 Å². The van der Waals surface area contributed by atoms with Crippen molar-refractivity contribution >= 4 is 12.8 Å². The molecule has 0 aromatic rings. The van der Waals surface area contributed by atoms with Crippen LogP contribution >= 0.6 is 0 Å². The molecular formula is C17H33N3O2. The quantitative estimate of drug-likeness (QED) is 0.479. The zero-order valence-corrected chi connectivity index (χ0v) is 14.7. The standard InChI is InChI=1S/C17H33N3O2/c1-16(2)11-15(12-17(3,4)19-16)20(14-22)10-8-6-5-7-9-18-13-21/h13-15,19H,5-12H2,1-4H3,(H,18,21). The lowest BCUT2D eigenvalue weighted by atomic mass is 9.79. The molecule has 0 bridgehead atoms. The first-order valence-corrected chi connectivity index (χ1v) is 8.47. The molecule has 22 heavy (non-hydrogen) atoms. The Bertz CT molecular complexity index is 340. The highest BCUT2D eigenvalue weighted by Crippen LogP contribution is 2.31. The molecule has 0 saturated carbocycles. The summed E-state index contributed by atoms with van der Waals surface area (Å²) in [6.45, 7) is 10.4. The molecule has 5 nitrogen and oxygen atoms in total. The lowest BCUT2D eigenvalue weighted by molar-refractivity contribution is -0.122. The van der Waals surface area contributed by atoms with Gasteiger partial charge in [-0.15, -0.1) is 0 Å². The van der Waals surface area contributed by atoms with Crippen LogP contribution in [0.2, 0.25) is 0 Å². The van der Waals surface area contributed by atoms with Gasteiger partial charge in [0, 0.05) is 30.2 Å². The molecule has 1 heterocycles. The molecule has 0 radical (unpaired) electrons. The van der Waals surface area contributed by atoms with Gasteiger partial charge in [0.2, 0.25) is 12.8 Å². The summed E-state index contributed by atoms with van der Waals surface area (Å²) < 4.78 is 0. The predicted molar refractivity (Wildman–Crippen MR) is 89.6 cm³/mol. The van der Waals surface area contributed by atoms with E-state index in [1.165, 1.54) is 0 Å². The van der Waals surface area contributed by atoms with Crippen LogP contribution in [0.15, 0.2) is 0 Å². The van der Waals surface area contributed by atoms with Crippen molar-refractivity contribution in [2.75, 3.05) is 13.1 Å². The third-order valence-corrected chi connectivity index (χ3v) is 4.34. The van der Waals surface area contributed by atoms with E-state index in [1.807, 2.05) is 4.90 Å². The van der Waals surface area contributed by atoms with Crippen LogP contribution in [0.1, 0.15) is 66.2 Å². The Morgan fingerprint density at radius 3 is 2.18 bits per heavy atom. The Morgan fingerprint density at radius 2 is 1.64 bits per heavy atom. The maximum Gasteiger partial charge on any atom is 0.209 e. The molecule has 1 saturated heterocycles. The van der Waals surface area contributed by atoms with Gasteiger partial charge in [-0.05, 0) is 53.4 Å². The van der Waals surface area contributed by atoms with Crippen LogP contribution in [0.5, 0.6) is 0 Å². The van der Waals surface area contributed by atoms with Crippen LogP contribution in [-0.2, 0) is 9.59 Å². The van der Waals surface area contributed by atoms with E-state index in [-0.39, 0.29) is 11.1 Å². The van der Waals surface area contributed by atoms with Crippen molar-refractivity contribution < 1.29 is 9.59 Å². The molecule has 0 aromatic heterocycles. The third-order valence-electron chi connectivity index (χ3n) is 4.34. The molecule has 0 atom stereocenters. The number of hydrogen-bond acceptors (Lipinski definition) is 3. The van der Waals surface area contributed by atoms with Gasteiger partial charge in [0.15, 0.2) is 0 Å². The second kappa shape index (κ2) is 8.51. The van der Waals surface area contributed by atoms with Crippen molar-refractivity contribution in [3.8, 4) is 0 Å². The summed E-state index contributed by atoms with van der Waals surface area (Å²) in [5.41, 5.74) is 0.127. The number of rotatable bonds is 10. The SMILES string of the molecule is CC1(C)CC(N(C=O)CCCCCCNC=O)CC(C)(C)N1. The Kier molecular flexibility index (Phi) is 7.33. The van der Waals surface area contributed by atoms with E-state index in [0.29, 0.717) is 6.04 Å². The Hall–Kier alpha value is -1.10. The van der Waals surface area contributed by atoms with Gasteiger partial charge < -0.3 is 15.5 Å². The van der Waals surface area contributed by atoms with Crippen LogP contribution in [0.3, 0.4) is 0 Å². The lowest BCUT2D eigenvalue weighted by Gasteiger charge is -2.49. The Morgan fingerprint density at radius 1 is 1.05 bits per heavy atom. The fourth-order valence-corrected chi connectivity index (χ4v) is 3.76. The van der Waals surface area contributed by atoms with Crippen molar-refractivity contribution in [3.05, 3.63) is 0 Å². The second-order valence-electron chi connectivity index (χ2n) is 7.78. The minimum absolute atomic E-state index is 0.0637. The van der Waals surface area contributed by atoms with Gasteiger partial charge in [0.1, 0.15) is 0 Å². The van der Waals surface area contributed by atoms with Crippen LogP contribution < -0.4 is 10.6 Å². The summed E-state index contributed by atoms with van der Waals surface area (Å²) in [6, 6.07) is 0.320. The third kappa shape index (κ3) is 6.77. The smallest absolute Gasteiger partial charge is 0.209 e. The molecule has 2 amide bonds. The van der Waals surface area contributed by atoms with Crippen molar-refractivity contribution in [2.24, 2.45) is 0 Å². The molecule has 5 heteroatoms. The largest absolute Gasteiger partial charge is 0.359 e. The summed E-state index contributed by atoms with van der Waals surface area (Å²) >= 11 is 0. The molecule has 0 aliphatic carbocycles. The van der Waals surface area contributed by atoms with E-state index in [1.54, 1.807) is 0 Å². The van der Waals surface area contributed by atoms with Gasteiger partial charge in [0.05, 0.1) is 0 Å². The first kappa shape index (κ1) is 18.9. The minimum Gasteiger partial charge on any atom is -0.359 e. The highest BCUT2D eigenvalue weighted by molar-refractivity contribution is 5.48. The van der Waals surface area contributed by atoms with E-state index in [0.717, 1.165) is 64.4 Å². The van der Waals surface area contributed by atoms with E-state index in [9.17, 15) is 9.59 Å². The van der Waals surface area contributed by atoms with Crippen molar-refractivity contribution in [2.45, 2.75) is 83.3 Å². The number of carbonyl (C=O) groups excluding carboxylic acids is 2. The van der Waals surface area contributed by atoms with Crippen LogP contribution in [0, 0.1) is 0 Å². The summed E-state index contributed by atoms with van der Waals surface area (Å²) in [6.07, 6.45) is 8.00. The number of amides is 2. The average Bonchev–Trinajstić information content (AvgIpc) is 2.38. The maximum absolute atomic E-state index is 11.5. The fraction of sp³-hybridized carbons (Fsp3) is 0.882. The van der Waals surface area contributed by atoms with Crippen LogP contribution in [0.4, 0.5) is 0 Å². The molecule has 0 unspecified atom stereocenters. The van der Waals surface area contributed by atoms with E-state index < -0.39 is 0 Å². The fourth-order valence-electron chi connectivity index (χ4n) is 3.76. The normalized spacial score (nSPS) is 20.4. The average molecular weight is 311 g/mol. The zero-order valence-electron chi connectivity index (χ0n) is 14.7. The zero-order chi connectivity index (χ0) is 16.6. The van der Waals surface area contributed by atoms with Crippen LogP contribution in [0.25, 0.3) is 0 Å². The number of unbranched alkanes of at least 4 members (excludes halogenated alkanes) is 3. The molecule has 1 rings (SSSR count). The number of carbonyl (C=O) groups is 2. The lowest BCUT2D eigenvalue weighted by Crippen LogP contribution is -2.62. The number of nitrogens with one attached hydrogen (secondary N) is 2. The number of piperidine rings is 1. The first-order valence-electron chi connectivity index (χ1n) is 8.47. The molecular weight excluding hydrogens is 278 g/mol.